The molecule has 0 aromatic heterocycles. The summed E-state index contributed by atoms with van der Waals surface area (Å²) in [6, 6.07) is 5.03. The van der Waals surface area contributed by atoms with Gasteiger partial charge in [0.05, 0.1) is 24.5 Å². The van der Waals surface area contributed by atoms with E-state index in [-0.39, 0.29) is 11.5 Å². The van der Waals surface area contributed by atoms with Gasteiger partial charge in [0.15, 0.2) is 0 Å². The highest BCUT2D eigenvalue weighted by Crippen LogP contribution is 2.25. The molecule has 2 rings (SSSR count). The van der Waals surface area contributed by atoms with Gasteiger partial charge in [-0.15, -0.1) is 0 Å². The average Bonchev–Trinajstić information content (AvgIpc) is 2.66. The normalized spacial score (nSPS) is 13.9. The number of carboxylic acid groups (broad SMARTS) is 2. The van der Waals surface area contributed by atoms with Gasteiger partial charge < -0.3 is 25.2 Å². The van der Waals surface area contributed by atoms with E-state index in [0.29, 0.717) is 44.1 Å². The maximum Gasteiger partial charge on any atom is 0.490 e. The number of ether oxygens (including phenoxy) is 1. The number of carbonyl (C=O) groups is 3. The number of benzene rings is 1. The third kappa shape index (κ3) is 8.38. The number of carbonyl (C=O) groups excluding carboxylic acids is 1. The molecule has 0 unspecified atom stereocenters. The van der Waals surface area contributed by atoms with E-state index in [1.807, 2.05) is 11.8 Å². The fraction of sp³-hybridized carbons (Fsp3) is 0.500. The van der Waals surface area contributed by atoms with Crippen molar-refractivity contribution >= 4 is 29.2 Å². The summed E-state index contributed by atoms with van der Waals surface area (Å²) in [7, 11) is 0. The molecule has 29 heavy (non-hydrogen) atoms. The van der Waals surface area contributed by atoms with Gasteiger partial charge in [0.25, 0.3) is 0 Å². The monoisotopic (exact) mass is 420 g/mol. The van der Waals surface area contributed by atoms with Crippen molar-refractivity contribution in [2.24, 2.45) is 0 Å². The summed E-state index contributed by atoms with van der Waals surface area (Å²) >= 11 is 0. The first-order valence-electron chi connectivity index (χ1n) is 8.86. The number of aliphatic carboxylic acids is 1. The molecule has 0 atom stereocenters. The predicted octanol–water partition coefficient (Wildman–Crippen LogP) is 2.98. The lowest BCUT2D eigenvalue weighted by atomic mass is 10.1. The second kappa shape index (κ2) is 11.2. The molecule has 1 fully saturated rings. The number of nitrogens with one attached hydrogen (secondary N) is 1. The highest BCUT2D eigenvalue weighted by atomic mass is 19.4. The van der Waals surface area contributed by atoms with Crippen LogP contribution in [0.15, 0.2) is 18.2 Å². The fourth-order valence-corrected chi connectivity index (χ4v) is 2.43. The quantitative estimate of drug-likeness (QED) is 0.648. The standard InChI is InChI=1S/C16H22N2O4.C2HF3O2/c1-2-3-4-15(19)17-12-5-6-14(13(11-12)16(20)21)18-7-9-22-10-8-18;3-2(4,5)1(6)7/h5-6,11H,2-4,7-10H2,1H3,(H,17,19)(H,20,21);(H,6,7). The van der Waals surface area contributed by atoms with Crippen LogP contribution in [0.5, 0.6) is 0 Å². The number of alkyl halides is 3. The maximum absolute atomic E-state index is 11.8. The highest BCUT2D eigenvalue weighted by Gasteiger charge is 2.38. The number of halogens is 3. The van der Waals surface area contributed by atoms with E-state index in [2.05, 4.69) is 5.32 Å². The molecule has 8 nitrogen and oxygen atoms in total. The van der Waals surface area contributed by atoms with Crippen LogP contribution in [-0.4, -0.2) is 60.5 Å². The number of hydrogen-bond donors (Lipinski definition) is 3. The predicted molar refractivity (Wildman–Crippen MR) is 98.3 cm³/mol. The number of aromatic carboxylic acids is 1. The van der Waals surface area contributed by atoms with E-state index in [1.54, 1.807) is 12.1 Å². The lowest BCUT2D eigenvalue weighted by molar-refractivity contribution is -0.192. The highest BCUT2D eigenvalue weighted by molar-refractivity contribution is 5.98. The number of amides is 1. The van der Waals surface area contributed by atoms with Crippen molar-refractivity contribution in [1.82, 2.24) is 0 Å². The Morgan fingerprint density at radius 2 is 1.76 bits per heavy atom. The number of morpholine rings is 1. The van der Waals surface area contributed by atoms with Gasteiger partial charge in [0.1, 0.15) is 0 Å². The number of hydrogen-bond acceptors (Lipinski definition) is 5. The van der Waals surface area contributed by atoms with Crippen LogP contribution in [0, 0.1) is 0 Å². The van der Waals surface area contributed by atoms with Gasteiger partial charge in [-0.1, -0.05) is 13.3 Å². The van der Waals surface area contributed by atoms with Crippen LogP contribution in [0.3, 0.4) is 0 Å². The van der Waals surface area contributed by atoms with Crippen LogP contribution in [0.4, 0.5) is 24.5 Å². The minimum absolute atomic E-state index is 0.0858. The molecule has 0 aliphatic carbocycles. The van der Waals surface area contributed by atoms with Crippen molar-refractivity contribution in [2.45, 2.75) is 32.4 Å². The van der Waals surface area contributed by atoms with Gasteiger partial charge in [0, 0.05) is 25.2 Å². The molecule has 0 bridgehead atoms. The Morgan fingerprint density at radius 3 is 2.24 bits per heavy atom. The van der Waals surface area contributed by atoms with Crippen LogP contribution in [0.1, 0.15) is 36.5 Å². The van der Waals surface area contributed by atoms with Crippen LogP contribution < -0.4 is 10.2 Å². The van der Waals surface area contributed by atoms with Gasteiger partial charge in [-0.2, -0.15) is 13.2 Å². The zero-order chi connectivity index (χ0) is 22.0. The van der Waals surface area contributed by atoms with Crippen LogP contribution >= 0.6 is 0 Å². The molecule has 1 aromatic carbocycles. The second-order valence-corrected chi connectivity index (χ2v) is 6.09. The average molecular weight is 420 g/mol. The van der Waals surface area contributed by atoms with E-state index in [0.717, 1.165) is 12.8 Å². The summed E-state index contributed by atoms with van der Waals surface area (Å²) < 4.78 is 37.0. The lowest BCUT2D eigenvalue weighted by Crippen LogP contribution is -2.37. The zero-order valence-electron chi connectivity index (χ0n) is 15.8. The van der Waals surface area contributed by atoms with E-state index in [1.165, 1.54) is 6.07 Å². The van der Waals surface area contributed by atoms with Crippen molar-refractivity contribution in [3.63, 3.8) is 0 Å². The summed E-state index contributed by atoms with van der Waals surface area (Å²) in [5, 5.41) is 19.3. The van der Waals surface area contributed by atoms with Crippen molar-refractivity contribution < 1.29 is 42.5 Å². The topological polar surface area (TPSA) is 116 Å². The molecule has 1 aliphatic heterocycles. The van der Waals surface area contributed by atoms with E-state index in [9.17, 15) is 27.9 Å². The van der Waals surface area contributed by atoms with Crippen molar-refractivity contribution in [1.29, 1.82) is 0 Å². The number of nitrogens with zero attached hydrogens (tertiary/aromatic N) is 1. The smallest absolute Gasteiger partial charge is 0.478 e. The molecular weight excluding hydrogens is 397 g/mol. The Labute approximate surface area is 165 Å². The molecule has 0 radical (unpaired) electrons. The molecule has 3 N–H and O–H groups in total. The van der Waals surface area contributed by atoms with Gasteiger partial charge in [0.2, 0.25) is 5.91 Å². The Kier molecular flexibility index (Phi) is 9.39. The summed E-state index contributed by atoms with van der Waals surface area (Å²) in [5.41, 5.74) is 1.40. The Balaban J connectivity index is 0.000000516. The molecule has 162 valence electrons. The third-order valence-corrected chi connectivity index (χ3v) is 3.86. The maximum atomic E-state index is 11.8. The minimum atomic E-state index is -5.08. The van der Waals surface area contributed by atoms with Crippen molar-refractivity contribution in [2.75, 3.05) is 36.5 Å². The molecule has 1 saturated heterocycles. The number of unbranched alkanes of at least 4 members (excludes halogenated alkanes) is 1. The fourth-order valence-electron chi connectivity index (χ4n) is 2.43. The first-order valence-corrected chi connectivity index (χ1v) is 8.86. The number of rotatable bonds is 6. The Hall–Kier alpha value is -2.82. The molecule has 1 aromatic rings. The number of anilines is 2. The third-order valence-electron chi connectivity index (χ3n) is 3.86. The van der Waals surface area contributed by atoms with Crippen molar-refractivity contribution in [3.8, 4) is 0 Å². The molecule has 1 aliphatic rings. The Bertz CT molecular complexity index is 718. The van der Waals surface area contributed by atoms with Crippen LogP contribution in [-0.2, 0) is 14.3 Å². The van der Waals surface area contributed by atoms with Crippen molar-refractivity contribution in [3.05, 3.63) is 23.8 Å². The molecule has 0 saturated carbocycles. The van der Waals surface area contributed by atoms with Gasteiger partial charge in [-0.25, -0.2) is 9.59 Å². The molecule has 1 amide bonds. The summed E-state index contributed by atoms with van der Waals surface area (Å²) in [6.45, 7) is 4.54. The minimum Gasteiger partial charge on any atom is -0.478 e. The zero-order valence-corrected chi connectivity index (χ0v) is 15.8. The summed E-state index contributed by atoms with van der Waals surface area (Å²) in [4.78, 5) is 34.1. The van der Waals surface area contributed by atoms with Gasteiger partial charge in [-0.3, -0.25) is 4.79 Å². The van der Waals surface area contributed by atoms with E-state index >= 15 is 0 Å². The number of carboxylic acids is 2. The van der Waals surface area contributed by atoms with Crippen LogP contribution in [0.25, 0.3) is 0 Å². The second-order valence-electron chi connectivity index (χ2n) is 6.09. The van der Waals surface area contributed by atoms with E-state index in [4.69, 9.17) is 14.6 Å². The van der Waals surface area contributed by atoms with Gasteiger partial charge >= 0.3 is 18.1 Å². The largest absolute Gasteiger partial charge is 0.490 e. The first-order chi connectivity index (χ1) is 13.6. The van der Waals surface area contributed by atoms with Gasteiger partial charge in [-0.05, 0) is 24.6 Å². The first kappa shape index (κ1) is 24.2. The molecule has 11 heteroatoms. The molecular formula is C18H23F3N2O6. The molecule has 0 spiro atoms. The summed E-state index contributed by atoms with van der Waals surface area (Å²) in [6.07, 6.45) is -2.86. The summed E-state index contributed by atoms with van der Waals surface area (Å²) in [5.74, 6) is -3.84. The van der Waals surface area contributed by atoms with E-state index < -0.39 is 18.1 Å². The SMILES string of the molecule is CCCCC(=O)Nc1ccc(N2CCOCC2)c(C(=O)O)c1.O=C(O)C(F)(F)F. The molecule has 1 heterocycles. The Morgan fingerprint density at radius 1 is 1.17 bits per heavy atom. The van der Waals surface area contributed by atoms with Crippen LogP contribution in [0.2, 0.25) is 0 Å². The lowest BCUT2D eigenvalue weighted by Gasteiger charge is -2.30.